The van der Waals surface area contributed by atoms with Crippen molar-refractivity contribution in [1.82, 2.24) is 0 Å². The van der Waals surface area contributed by atoms with Crippen LogP contribution in [0.25, 0.3) is 0 Å². The van der Waals surface area contributed by atoms with Crippen LogP contribution in [-0.2, 0) is 4.79 Å². The van der Waals surface area contributed by atoms with Crippen molar-refractivity contribution >= 4 is 6.29 Å². The molecule has 0 heterocycles. The summed E-state index contributed by atoms with van der Waals surface area (Å²) in [6, 6.07) is 3.59. The summed E-state index contributed by atoms with van der Waals surface area (Å²) in [5.41, 5.74) is 0. The number of hydrogen-bond acceptors (Lipinski definition) is 3. The lowest BCUT2D eigenvalue weighted by Crippen LogP contribution is -1.83. The number of aromatic hydroxyl groups is 1. The maximum atomic E-state index is 12.3. The third kappa shape index (κ3) is 4.10. The van der Waals surface area contributed by atoms with Crippen molar-refractivity contribution in [2.45, 2.75) is 6.92 Å². The third-order valence-electron chi connectivity index (χ3n) is 1.14. The Balaban J connectivity index is 0.000000424. The molecule has 72 valence electrons. The summed E-state index contributed by atoms with van der Waals surface area (Å²) in [5, 5.41) is 8.93. The third-order valence-corrected chi connectivity index (χ3v) is 1.14. The van der Waals surface area contributed by atoms with Gasteiger partial charge in [-0.2, -0.15) is 0 Å². The normalized spacial score (nSPS) is 8.23. The summed E-state index contributed by atoms with van der Waals surface area (Å²) in [7, 11) is 1.41. The number of carbonyl (C=O) groups excluding carboxylic acids is 1. The lowest BCUT2D eigenvalue weighted by molar-refractivity contribution is -0.106. The van der Waals surface area contributed by atoms with E-state index >= 15 is 0 Å². The molecule has 1 rings (SSSR count). The minimum atomic E-state index is -0.474. The van der Waals surface area contributed by atoms with Crippen molar-refractivity contribution in [2.24, 2.45) is 0 Å². The van der Waals surface area contributed by atoms with Gasteiger partial charge in [0, 0.05) is 6.07 Å². The molecule has 0 atom stereocenters. The zero-order valence-electron chi connectivity index (χ0n) is 7.45. The molecule has 1 N–H and O–H groups in total. The molecule has 0 aliphatic rings. The zero-order chi connectivity index (χ0) is 10.3. The Morgan fingerprint density at radius 1 is 1.54 bits per heavy atom. The molecular weight excluding hydrogens is 175 g/mol. The van der Waals surface area contributed by atoms with Gasteiger partial charge in [0.2, 0.25) is 0 Å². The molecule has 0 bridgehead atoms. The second kappa shape index (κ2) is 5.99. The minimum absolute atomic E-state index is 0.178. The summed E-state index contributed by atoms with van der Waals surface area (Å²) in [6.07, 6.45) is 0.750. The zero-order valence-corrected chi connectivity index (χ0v) is 7.45. The summed E-state index contributed by atoms with van der Waals surface area (Å²) < 4.78 is 17.0. The number of rotatable bonds is 1. The molecule has 13 heavy (non-hydrogen) atoms. The molecule has 0 saturated heterocycles. The molecule has 0 unspecified atom stereocenters. The topological polar surface area (TPSA) is 46.5 Å². The standard InChI is InChI=1S/C7H7FO2.C2H4O/c1-10-7-3-2-5(8)4-6(7)9;1-2-3/h2-4,9H,1H3;2H,1H3. The Labute approximate surface area is 75.8 Å². The van der Waals surface area contributed by atoms with Crippen LogP contribution >= 0.6 is 0 Å². The lowest BCUT2D eigenvalue weighted by atomic mass is 10.3. The van der Waals surface area contributed by atoms with Gasteiger partial charge in [0.15, 0.2) is 11.5 Å². The molecule has 1 aromatic carbocycles. The quantitative estimate of drug-likeness (QED) is 0.679. The highest BCUT2D eigenvalue weighted by atomic mass is 19.1. The van der Waals surface area contributed by atoms with E-state index in [2.05, 4.69) is 4.74 Å². The van der Waals surface area contributed by atoms with Crippen molar-refractivity contribution in [3.8, 4) is 11.5 Å². The molecule has 0 radical (unpaired) electrons. The first-order valence-electron chi connectivity index (χ1n) is 3.58. The van der Waals surface area contributed by atoms with Gasteiger partial charge in [0.25, 0.3) is 0 Å². The van der Waals surface area contributed by atoms with E-state index < -0.39 is 5.82 Å². The Kier molecular flexibility index (Phi) is 5.27. The smallest absolute Gasteiger partial charge is 0.160 e. The highest BCUT2D eigenvalue weighted by molar-refractivity contribution is 5.44. The van der Waals surface area contributed by atoms with Crippen molar-refractivity contribution in [3.05, 3.63) is 24.0 Å². The van der Waals surface area contributed by atoms with Gasteiger partial charge in [-0.25, -0.2) is 4.39 Å². The van der Waals surface area contributed by atoms with Gasteiger partial charge in [-0.1, -0.05) is 0 Å². The average molecular weight is 186 g/mol. The second-order valence-corrected chi connectivity index (χ2v) is 2.05. The number of ether oxygens (including phenoxy) is 1. The molecule has 4 heteroatoms. The Hall–Kier alpha value is -1.58. The summed E-state index contributed by atoms with van der Waals surface area (Å²) in [6.45, 7) is 1.44. The largest absolute Gasteiger partial charge is 0.504 e. The molecular formula is C9H11FO3. The second-order valence-electron chi connectivity index (χ2n) is 2.05. The highest BCUT2D eigenvalue weighted by Gasteiger charge is 1.99. The Morgan fingerprint density at radius 2 is 2.08 bits per heavy atom. The van der Waals surface area contributed by atoms with Crippen LogP contribution in [0.5, 0.6) is 11.5 Å². The number of benzene rings is 1. The van der Waals surface area contributed by atoms with Crippen molar-refractivity contribution < 1.29 is 19.0 Å². The molecule has 0 amide bonds. The molecule has 0 aliphatic heterocycles. The fraction of sp³-hybridized carbons (Fsp3) is 0.222. The molecule has 0 saturated carbocycles. The van der Waals surface area contributed by atoms with Crippen LogP contribution < -0.4 is 4.74 Å². The van der Waals surface area contributed by atoms with Gasteiger partial charge in [0.05, 0.1) is 7.11 Å². The molecule has 0 aromatic heterocycles. The summed E-state index contributed by atoms with van der Waals surface area (Å²) >= 11 is 0. The number of methoxy groups -OCH3 is 1. The predicted octanol–water partition coefficient (Wildman–Crippen LogP) is 1.75. The molecule has 1 aromatic rings. The maximum Gasteiger partial charge on any atom is 0.160 e. The van der Waals surface area contributed by atoms with Gasteiger partial charge in [-0.3, -0.25) is 0 Å². The van der Waals surface area contributed by atoms with Gasteiger partial charge < -0.3 is 14.6 Å². The van der Waals surface area contributed by atoms with Crippen LogP contribution in [0.2, 0.25) is 0 Å². The number of halogens is 1. The fourth-order valence-electron chi connectivity index (χ4n) is 0.663. The molecule has 0 spiro atoms. The number of phenolic OH excluding ortho intramolecular Hbond substituents is 1. The number of phenols is 1. The van der Waals surface area contributed by atoms with E-state index in [1.54, 1.807) is 0 Å². The van der Waals surface area contributed by atoms with Gasteiger partial charge in [0.1, 0.15) is 12.1 Å². The number of aldehydes is 1. The van der Waals surface area contributed by atoms with E-state index in [4.69, 9.17) is 9.90 Å². The van der Waals surface area contributed by atoms with Crippen LogP contribution in [0.4, 0.5) is 4.39 Å². The lowest BCUT2D eigenvalue weighted by Gasteiger charge is -2.00. The SMILES string of the molecule is CC=O.COc1ccc(F)cc1O. The molecule has 0 aliphatic carbocycles. The highest BCUT2D eigenvalue weighted by Crippen LogP contribution is 2.24. The first-order chi connectivity index (χ1) is 6.15. The average Bonchev–Trinajstić information content (AvgIpc) is 2.06. The van der Waals surface area contributed by atoms with Gasteiger partial charge >= 0.3 is 0 Å². The van der Waals surface area contributed by atoms with E-state index in [1.807, 2.05) is 0 Å². The first kappa shape index (κ1) is 11.4. The van der Waals surface area contributed by atoms with E-state index in [9.17, 15) is 4.39 Å². The summed E-state index contributed by atoms with van der Waals surface area (Å²) in [5.74, 6) is -0.373. The van der Waals surface area contributed by atoms with E-state index in [0.29, 0.717) is 0 Å². The predicted molar refractivity (Wildman–Crippen MR) is 46.4 cm³/mol. The van der Waals surface area contributed by atoms with Gasteiger partial charge in [-0.15, -0.1) is 0 Å². The Bertz CT molecular complexity index is 274. The van der Waals surface area contributed by atoms with Crippen LogP contribution in [0, 0.1) is 5.82 Å². The molecule has 3 nitrogen and oxygen atoms in total. The van der Waals surface area contributed by atoms with Gasteiger partial charge in [-0.05, 0) is 19.1 Å². The van der Waals surface area contributed by atoms with E-state index in [1.165, 1.54) is 26.2 Å². The first-order valence-corrected chi connectivity index (χ1v) is 3.58. The maximum absolute atomic E-state index is 12.3. The van der Waals surface area contributed by atoms with Crippen LogP contribution in [-0.4, -0.2) is 18.5 Å². The summed E-state index contributed by atoms with van der Waals surface area (Å²) in [4.78, 5) is 8.81. The number of hydrogen-bond donors (Lipinski definition) is 1. The van der Waals surface area contributed by atoms with Crippen molar-refractivity contribution in [3.63, 3.8) is 0 Å². The molecule has 0 fully saturated rings. The van der Waals surface area contributed by atoms with Crippen LogP contribution in [0.1, 0.15) is 6.92 Å². The van der Waals surface area contributed by atoms with Crippen LogP contribution in [0.3, 0.4) is 0 Å². The van der Waals surface area contributed by atoms with E-state index in [-0.39, 0.29) is 11.5 Å². The Morgan fingerprint density at radius 3 is 2.46 bits per heavy atom. The monoisotopic (exact) mass is 186 g/mol. The van der Waals surface area contributed by atoms with Crippen LogP contribution in [0.15, 0.2) is 18.2 Å². The number of carbonyl (C=O) groups is 1. The van der Waals surface area contributed by atoms with Crippen molar-refractivity contribution in [1.29, 1.82) is 0 Å². The van der Waals surface area contributed by atoms with Crippen molar-refractivity contribution in [2.75, 3.05) is 7.11 Å². The van der Waals surface area contributed by atoms with E-state index in [0.717, 1.165) is 12.4 Å². The fourth-order valence-corrected chi connectivity index (χ4v) is 0.663. The minimum Gasteiger partial charge on any atom is -0.504 e.